The number of carbonyl (C=O) groups is 1. The number of nitrogens with zero attached hydrogens (tertiary/aromatic N) is 4. The van der Waals surface area contributed by atoms with E-state index in [0.717, 1.165) is 43.6 Å². The quantitative estimate of drug-likeness (QED) is 0.656. The van der Waals surface area contributed by atoms with Crippen molar-refractivity contribution >= 4 is 22.9 Å². The SMILES string of the molecule is O=C(NCCCc1ccccc1)[C@H]1CCCN(c2ncnc3nc[nH]c23)C1. The third kappa shape index (κ3) is 4.07. The number of hydrogen-bond donors (Lipinski definition) is 2. The number of piperidine rings is 1. The van der Waals surface area contributed by atoms with Gasteiger partial charge in [-0.3, -0.25) is 4.79 Å². The van der Waals surface area contributed by atoms with Crippen LogP contribution in [0.1, 0.15) is 24.8 Å². The number of amides is 1. The van der Waals surface area contributed by atoms with Gasteiger partial charge in [0.25, 0.3) is 0 Å². The Bertz CT molecular complexity index is 894. The molecule has 7 nitrogen and oxygen atoms in total. The van der Waals surface area contributed by atoms with E-state index >= 15 is 0 Å². The van der Waals surface area contributed by atoms with Crippen molar-refractivity contribution in [3.63, 3.8) is 0 Å². The average molecular weight is 364 g/mol. The van der Waals surface area contributed by atoms with Gasteiger partial charge in [0.2, 0.25) is 5.91 Å². The van der Waals surface area contributed by atoms with E-state index in [1.807, 2.05) is 18.2 Å². The maximum Gasteiger partial charge on any atom is 0.224 e. The largest absolute Gasteiger partial charge is 0.356 e. The molecule has 0 unspecified atom stereocenters. The van der Waals surface area contributed by atoms with Gasteiger partial charge in [-0.05, 0) is 31.2 Å². The monoisotopic (exact) mass is 364 g/mol. The number of carbonyl (C=O) groups excluding carboxylic acids is 1. The summed E-state index contributed by atoms with van der Waals surface area (Å²) in [5, 5.41) is 3.11. The Labute approximate surface area is 158 Å². The molecule has 1 fully saturated rings. The molecule has 4 rings (SSSR count). The van der Waals surface area contributed by atoms with Gasteiger partial charge in [-0.2, -0.15) is 0 Å². The molecule has 7 heteroatoms. The first-order chi connectivity index (χ1) is 13.3. The standard InChI is InChI=1S/C20H24N6O/c27-20(21-10-4-8-15-6-2-1-3-7-15)16-9-5-11-26(12-16)19-17-18(23-13-22-17)24-14-25-19/h1-3,6-7,13-14,16H,4-5,8-12H2,(H,21,27)(H,22,23,24,25)/t16-/m0/s1. The maximum atomic E-state index is 12.6. The van der Waals surface area contributed by atoms with Crippen LogP contribution in [-0.2, 0) is 11.2 Å². The number of aromatic nitrogens is 4. The van der Waals surface area contributed by atoms with Crippen LogP contribution in [0.15, 0.2) is 43.0 Å². The summed E-state index contributed by atoms with van der Waals surface area (Å²) < 4.78 is 0. The van der Waals surface area contributed by atoms with Crippen molar-refractivity contribution in [1.29, 1.82) is 0 Å². The second kappa shape index (κ2) is 8.16. The van der Waals surface area contributed by atoms with E-state index in [-0.39, 0.29) is 11.8 Å². The molecule has 0 spiro atoms. The number of benzene rings is 1. The number of H-pyrrole nitrogens is 1. The Kier molecular flexibility index (Phi) is 5.27. The summed E-state index contributed by atoms with van der Waals surface area (Å²) >= 11 is 0. The molecule has 1 amide bonds. The summed E-state index contributed by atoms with van der Waals surface area (Å²) in [4.78, 5) is 30.7. The van der Waals surface area contributed by atoms with E-state index in [1.54, 1.807) is 6.33 Å². The van der Waals surface area contributed by atoms with E-state index < -0.39 is 0 Å². The number of imidazole rings is 1. The third-order valence-electron chi connectivity index (χ3n) is 5.08. The molecule has 1 aromatic carbocycles. The molecule has 1 aliphatic heterocycles. The van der Waals surface area contributed by atoms with Crippen LogP contribution in [0.4, 0.5) is 5.82 Å². The van der Waals surface area contributed by atoms with Crippen LogP contribution in [0.3, 0.4) is 0 Å². The van der Waals surface area contributed by atoms with E-state index in [9.17, 15) is 4.79 Å². The molecule has 0 saturated carbocycles. The highest BCUT2D eigenvalue weighted by molar-refractivity contribution is 5.84. The Morgan fingerprint density at radius 2 is 2.11 bits per heavy atom. The van der Waals surface area contributed by atoms with Crippen molar-refractivity contribution in [1.82, 2.24) is 25.3 Å². The van der Waals surface area contributed by atoms with Gasteiger partial charge < -0.3 is 15.2 Å². The molecule has 1 saturated heterocycles. The van der Waals surface area contributed by atoms with Gasteiger partial charge in [0, 0.05) is 19.6 Å². The minimum absolute atomic E-state index is 0.0107. The lowest BCUT2D eigenvalue weighted by Crippen LogP contribution is -2.43. The Hall–Kier alpha value is -2.96. The van der Waals surface area contributed by atoms with E-state index in [2.05, 4.69) is 42.3 Å². The number of nitrogens with one attached hydrogen (secondary N) is 2. The molecular formula is C20H24N6O. The second-order valence-electron chi connectivity index (χ2n) is 6.96. The molecule has 0 aliphatic carbocycles. The zero-order valence-electron chi connectivity index (χ0n) is 15.3. The first-order valence-electron chi connectivity index (χ1n) is 9.52. The second-order valence-corrected chi connectivity index (χ2v) is 6.96. The lowest BCUT2D eigenvalue weighted by atomic mass is 9.97. The summed E-state index contributed by atoms with van der Waals surface area (Å²) in [5.41, 5.74) is 2.80. The average Bonchev–Trinajstić information content (AvgIpc) is 3.21. The number of hydrogen-bond acceptors (Lipinski definition) is 5. The normalized spacial score (nSPS) is 17.2. The highest BCUT2D eigenvalue weighted by Crippen LogP contribution is 2.25. The molecule has 2 N–H and O–H groups in total. The van der Waals surface area contributed by atoms with Crippen LogP contribution in [0.25, 0.3) is 11.2 Å². The molecule has 3 aromatic rings. The van der Waals surface area contributed by atoms with Crippen LogP contribution in [0.2, 0.25) is 0 Å². The van der Waals surface area contributed by atoms with Crippen LogP contribution in [-0.4, -0.2) is 45.5 Å². The van der Waals surface area contributed by atoms with Crippen molar-refractivity contribution in [3.05, 3.63) is 48.5 Å². The molecule has 1 atom stereocenters. The van der Waals surface area contributed by atoms with Crippen molar-refractivity contribution in [3.8, 4) is 0 Å². The predicted octanol–water partition coefficient (Wildman–Crippen LogP) is 2.32. The maximum absolute atomic E-state index is 12.6. The molecule has 1 aliphatic rings. The topological polar surface area (TPSA) is 86.8 Å². The number of rotatable bonds is 6. The van der Waals surface area contributed by atoms with Gasteiger partial charge in [0.1, 0.15) is 11.8 Å². The highest BCUT2D eigenvalue weighted by Gasteiger charge is 2.27. The Morgan fingerprint density at radius 1 is 1.22 bits per heavy atom. The molecule has 3 heterocycles. The van der Waals surface area contributed by atoms with Crippen molar-refractivity contribution < 1.29 is 4.79 Å². The lowest BCUT2D eigenvalue weighted by Gasteiger charge is -2.32. The first-order valence-corrected chi connectivity index (χ1v) is 9.52. The van der Waals surface area contributed by atoms with Gasteiger partial charge in [0.05, 0.1) is 12.2 Å². The van der Waals surface area contributed by atoms with E-state index in [4.69, 9.17) is 0 Å². The summed E-state index contributed by atoms with van der Waals surface area (Å²) in [6, 6.07) is 10.4. The number of aryl methyl sites for hydroxylation is 1. The minimum Gasteiger partial charge on any atom is -0.356 e. The summed E-state index contributed by atoms with van der Waals surface area (Å²) in [7, 11) is 0. The Balaban J connectivity index is 1.31. The van der Waals surface area contributed by atoms with Crippen LogP contribution in [0.5, 0.6) is 0 Å². The fourth-order valence-corrected chi connectivity index (χ4v) is 3.67. The molecular weight excluding hydrogens is 340 g/mol. The van der Waals surface area contributed by atoms with Crippen molar-refractivity contribution in [2.45, 2.75) is 25.7 Å². The van der Waals surface area contributed by atoms with Gasteiger partial charge in [-0.15, -0.1) is 0 Å². The van der Waals surface area contributed by atoms with E-state index in [1.165, 1.54) is 11.9 Å². The molecule has 140 valence electrons. The first kappa shape index (κ1) is 17.5. The van der Waals surface area contributed by atoms with Crippen LogP contribution < -0.4 is 10.2 Å². The smallest absolute Gasteiger partial charge is 0.224 e. The molecule has 27 heavy (non-hydrogen) atoms. The van der Waals surface area contributed by atoms with Crippen molar-refractivity contribution in [2.24, 2.45) is 5.92 Å². The van der Waals surface area contributed by atoms with Gasteiger partial charge in [-0.25, -0.2) is 15.0 Å². The highest BCUT2D eigenvalue weighted by atomic mass is 16.1. The van der Waals surface area contributed by atoms with Crippen molar-refractivity contribution in [2.75, 3.05) is 24.5 Å². The number of aromatic amines is 1. The van der Waals surface area contributed by atoms with E-state index in [0.29, 0.717) is 18.7 Å². The van der Waals surface area contributed by atoms with Gasteiger partial charge in [-0.1, -0.05) is 30.3 Å². The zero-order valence-corrected chi connectivity index (χ0v) is 15.3. The molecule has 0 bridgehead atoms. The van der Waals surface area contributed by atoms with Gasteiger partial charge in [0.15, 0.2) is 11.5 Å². The van der Waals surface area contributed by atoms with Crippen LogP contribution >= 0.6 is 0 Å². The molecule has 2 aromatic heterocycles. The molecule has 0 radical (unpaired) electrons. The third-order valence-corrected chi connectivity index (χ3v) is 5.08. The zero-order chi connectivity index (χ0) is 18.5. The van der Waals surface area contributed by atoms with Gasteiger partial charge >= 0.3 is 0 Å². The summed E-state index contributed by atoms with van der Waals surface area (Å²) in [5.74, 6) is 0.963. The fraction of sp³-hybridized carbons (Fsp3) is 0.400. The van der Waals surface area contributed by atoms with Crippen LogP contribution in [0, 0.1) is 5.92 Å². The predicted molar refractivity (Wildman–Crippen MR) is 104 cm³/mol. The summed E-state index contributed by atoms with van der Waals surface area (Å²) in [6.45, 7) is 2.28. The Morgan fingerprint density at radius 3 is 3.00 bits per heavy atom. The minimum atomic E-state index is -0.0107. The summed E-state index contributed by atoms with van der Waals surface area (Å²) in [6.07, 6.45) is 6.99. The number of fused-ring (bicyclic) bond motifs is 1. The lowest BCUT2D eigenvalue weighted by molar-refractivity contribution is -0.125. The number of anilines is 1. The fourth-order valence-electron chi connectivity index (χ4n) is 3.67.